The van der Waals surface area contributed by atoms with Crippen molar-refractivity contribution in [1.82, 2.24) is 20.2 Å². The van der Waals surface area contributed by atoms with Gasteiger partial charge in [0.2, 0.25) is 11.8 Å². The monoisotopic (exact) mass is 468 g/mol. The highest BCUT2D eigenvalue weighted by Crippen LogP contribution is 2.43. The van der Waals surface area contributed by atoms with E-state index in [1.807, 2.05) is 31.3 Å². The summed E-state index contributed by atoms with van der Waals surface area (Å²) in [6, 6.07) is 10.1. The number of hydrogen-bond acceptors (Lipinski definition) is 4. The molecule has 0 bridgehead atoms. The van der Waals surface area contributed by atoms with Crippen LogP contribution in [0.3, 0.4) is 0 Å². The van der Waals surface area contributed by atoms with Crippen molar-refractivity contribution < 1.29 is 17.6 Å². The Morgan fingerprint density at radius 3 is 2.44 bits per heavy atom. The number of fused-ring (bicyclic) bond motifs is 1. The molecule has 178 valence electrons. The fourth-order valence-electron chi connectivity index (χ4n) is 5.06. The Bertz CT molecular complexity index is 1310. The number of pyridine rings is 1. The molecule has 0 atom stereocenters. The molecule has 1 fully saturated rings. The van der Waals surface area contributed by atoms with E-state index in [1.165, 1.54) is 5.56 Å². The second-order valence-corrected chi connectivity index (χ2v) is 9.55. The van der Waals surface area contributed by atoms with Crippen molar-refractivity contribution in [2.45, 2.75) is 64.5 Å². The van der Waals surface area contributed by atoms with Gasteiger partial charge in [0.05, 0.1) is 11.6 Å². The van der Waals surface area contributed by atoms with Crippen LogP contribution in [0, 0.1) is 12.8 Å². The van der Waals surface area contributed by atoms with Gasteiger partial charge < -0.3 is 9.40 Å². The Hall–Kier alpha value is -3.16. The zero-order chi connectivity index (χ0) is 24.0. The summed E-state index contributed by atoms with van der Waals surface area (Å²) < 4.78 is 44.9. The summed E-state index contributed by atoms with van der Waals surface area (Å²) in [5.74, 6) is -0.248. The number of alkyl halides is 3. The van der Waals surface area contributed by atoms with Crippen molar-refractivity contribution in [3.63, 3.8) is 0 Å². The zero-order valence-electron chi connectivity index (χ0n) is 19.4. The third kappa shape index (κ3) is 4.21. The molecule has 8 heteroatoms. The first-order chi connectivity index (χ1) is 16.2. The van der Waals surface area contributed by atoms with Gasteiger partial charge in [-0.1, -0.05) is 13.8 Å². The smallest absolute Gasteiger partial charge is 0.391 e. The van der Waals surface area contributed by atoms with Crippen molar-refractivity contribution in [3.8, 4) is 22.7 Å². The number of nitrogens with zero attached hydrogens (tertiary/aromatic N) is 3. The van der Waals surface area contributed by atoms with Crippen LogP contribution in [0.2, 0.25) is 0 Å². The van der Waals surface area contributed by atoms with Crippen LogP contribution in [0.1, 0.15) is 68.5 Å². The number of nitrogens with one attached hydrogen (secondary N) is 1. The number of aryl methyl sites for hydroxylation is 1. The molecule has 3 aromatic heterocycles. The lowest BCUT2D eigenvalue weighted by atomic mass is 9.81. The normalized spacial score (nSPS) is 19.3. The summed E-state index contributed by atoms with van der Waals surface area (Å²) in [5, 5.41) is 9.51. The van der Waals surface area contributed by atoms with E-state index < -0.39 is 12.1 Å². The fraction of sp³-hybridized carbons (Fsp3) is 0.423. The van der Waals surface area contributed by atoms with Crippen molar-refractivity contribution >= 4 is 10.9 Å². The Morgan fingerprint density at radius 2 is 1.76 bits per heavy atom. The van der Waals surface area contributed by atoms with Crippen LogP contribution in [-0.2, 0) is 0 Å². The average Bonchev–Trinajstić information content (AvgIpc) is 3.43. The quantitative estimate of drug-likeness (QED) is 0.336. The van der Waals surface area contributed by atoms with Crippen LogP contribution >= 0.6 is 0 Å². The number of aromatic nitrogens is 4. The average molecular weight is 469 g/mol. The molecule has 4 aromatic rings. The van der Waals surface area contributed by atoms with Gasteiger partial charge in [-0.25, -0.2) is 0 Å². The van der Waals surface area contributed by atoms with Crippen LogP contribution in [0.5, 0.6) is 0 Å². The van der Waals surface area contributed by atoms with Gasteiger partial charge >= 0.3 is 6.18 Å². The molecule has 1 aromatic carbocycles. The van der Waals surface area contributed by atoms with E-state index in [-0.39, 0.29) is 24.7 Å². The molecule has 1 saturated carbocycles. The van der Waals surface area contributed by atoms with Gasteiger partial charge in [0.25, 0.3) is 0 Å². The summed E-state index contributed by atoms with van der Waals surface area (Å²) in [6.07, 6.45) is -1.27. The molecule has 0 amide bonds. The maximum Gasteiger partial charge on any atom is 0.391 e. The van der Waals surface area contributed by atoms with Gasteiger partial charge in [-0.2, -0.15) is 13.2 Å². The Balaban J connectivity index is 1.45. The SMILES string of the molecule is Cc1cc(-c2[nH]c3ccc(-c4nnc(C5CCC(C(F)(F)F)CC5)o4)cc3c2C(C)C)ccn1. The molecular formula is C26H27F3N4O. The highest BCUT2D eigenvalue weighted by atomic mass is 19.4. The maximum absolute atomic E-state index is 13.0. The number of H-pyrrole nitrogens is 1. The molecule has 0 radical (unpaired) electrons. The largest absolute Gasteiger partial charge is 0.420 e. The van der Waals surface area contributed by atoms with Gasteiger partial charge in [-0.3, -0.25) is 4.98 Å². The first-order valence-corrected chi connectivity index (χ1v) is 11.7. The lowest BCUT2D eigenvalue weighted by Crippen LogP contribution is -2.27. The Morgan fingerprint density at radius 1 is 1.00 bits per heavy atom. The predicted octanol–water partition coefficient (Wildman–Crippen LogP) is 7.55. The number of rotatable bonds is 4. The molecule has 0 saturated heterocycles. The van der Waals surface area contributed by atoms with Crippen LogP contribution in [0.4, 0.5) is 13.2 Å². The molecule has 3 heterocycles. The Kier molecular flexibility index (Phi) is 5.70. The van der Waals surface area contributed by atoms with Crippen LogP contribution < -0.4 is 0 Å². The van der Waals surface area contributed by atoms with Crippen LogP contribution in [-0.4, -0.2) is 26.3 Å². The van der Waals surface area contributed by atoms with Crippen molar-refractivity contribution in [2.75, 3.05) is 0 Å². The maximum atomic E-state index is 13.0. The summed E-state index contributed by atoms with van der Waals surface area (Å²) in [5.41, 5.74) is 6.13. The third-order valence-electron chi connectivity index (χ3n) is 6.83. The minimum absolute atomic E-state index is 0.107. The summed E-state index contributed by atoms with van der Waals surface area (Å²) in [6.45, 7) is 6.30. The second-order valence-electron chi connectivity index (χ2n) is 9.55. The van der Waals surface area contributed by atoms with E-state index >= 15 is 0 Å². The molecule has 0 spiro atoms. The molecule has 5 nitrogen and oxygen atoms in total. The summed E-state index contributed by atoms with van der Waals surface area (Å²) in [7, 11) is 0. The van der Waals surface area contributed by atoms with Crippen molar-refractivity contribution in [3.05, 3.63) is 53.7 Å². The first kappa shape index (κ1) is 22.6. The van der Waals surface area contributed by atoms with Gasteiger partial charge in [0, 0.05) is 39.8 Å². The van der Waals surface area contributed by atoms with Gasteiger partial charge in [-0.15, -0.1) is 10.2 Å². The lowest BCUT2D eigenvalue weighted by Gasteiger charge is -2.27. The summed E-state index contributed by atoms with van der Waals surface area (Å²) >= 11 is 0. The van der Waals surface area contributed by atoms with Crippen molar-refractivity contribution in [2.24, 2.45) is 5.92 Å². The highest BCUT2D eigenvalue weighted by Gasteiger charge is 2.42. The minimum Gasteiger partial charge on any atom is -0.420 e. The molecule has 1 N–H and O–H groups in total. The van der Waals surface area contributed by atoms with Crippen LogP contribution in [0.15, 0.2) is 40.9 Å². The van der Waals surface area contributed by atoms with E-state index in [1.54, 1.807) is 0 Å². The number of benzene rings is 1. The molecule has 34 heavy (non-hydrogen) atoms. The van der Waals surface area contributed by atoms with Gasteiger partial charge in [0.15, 0.2) is 0 Å². The zero-order valence-corrected chi connectivity index (χ0v) is 19.4. The molecular weight excluding hydrogens is 441 g/mol. The van der Waals surface area contributed by atoms with E-state index in [0.29, 0.717) is 24.6 Å². The molecule has 1 aliphatic carbocycles. The molecule has 5 rings (SSSR count). The van der Waals surface area contributed by atoms with E-state index in [9.17, 15) is 13.2 Å². The first-order valence-electron chi connectivity index (χ1n) is 11.7. The number of aromatic amines is 1. The fourth-order valence-corrected chi connectivity index (χ4v) is 5.06. The van der Waals surface area contributed by atoms with Crippen molar-refractivity contribution in [1.29, 1.82) is 0 Å². The van der Waals surface area contributed by atoms with E-state index in [4.69, 9.17) is 4.42 Å². The third-order valence-corrected chi connectivity index (χ3v) is 6.83. The highest BCUT2D eigenvalue weighted by molar-refractivity contribution is 5.93. The summed E-state index contributed by atoms with van der Waals surface area (Å²) in [4.78, 5) is 7.86. The number of hydrogen-bond donors (Lipinski definition) is 1. The van der Waals surface area contributed by atoms with Gasteiger partial charge in [0.1, 0.15) is 0 Å². The minimum atomic E-state index is -4.13. The molecule has 0 aliphatic heterocycles. The topological polar surface area (TPSA) is 67.6 Å². The number of halogens is 3. The second kappa shape index (κ2) is 8.56. The molecule has 1 aliphatic rings. The van der Waals surface area contributed by atoms with E-state index in [0.717, 1.165) is 33.4 Å². The standard InChI is InChI=1S/C26H27F3N4O/c1-14(2)22-20-13-18(6-9-21(20)31-23(22)17-10-11-30-15(3)12-17)25-33-32-24(34-25)16-4-7-19(8-5-16)26(27,28)29/h6,9-14,16,19,31H,4-5,7-8H2,1-3H3. The Labute approximate surface area is 195 Å². The predicted molar refractivity (Wildman–Crippen MR) is 124 cm³/mol. The van der Waals surface area contributed by atoms with Gasteiger partial charge in [-0.05, 0) is 74.4 Å². The van der Waals surface area contributed by atoms with Crippen LogP contribution in [0.25, 0.3) is 33.6 Å². The van der Waals surface area contributed by atoms with E-state index in [2.05, 4.69) is 46.1 Å². The lowest BCUT2D eigenvalue weighted by molar-refractivity contribution is -0.182. The molecule has 0 unspecified atom stereocenters.